The molecule has 1 aromatic rings. The number of nitro benzene ring substituents is 2. The average molecular weight is 309 g/mol. The summed E-state index contributed by atoms with van der Waals surface area (Å²) in [5.74, 6) is 0.663. The molecule has 2 rings (SSSR count). The summed E-state index contributed by atoms with van der Waals surface area (Å²) in [6.07, 6.45) is 0. The molecule has 1 aliphatic rings. The Labute approximate surface area is 125 Å². The molecule has 10 heteroatoms. The summed E-state index contributed by atoms with van der Waals surface area (Å²) in [6, 6.07) is 3.36. The Bertz CT molecular complexity index is 612. The van der Waals surface area contributed by atoms with Gasteiger partial charge in [0.05, 0.1) is 29.1 Å². The highest BCUT2D eigenvalue weighted by Gasteiger charge is 2.19. The first-order chi connectivity index (χ1) is 10.5. The Kier molecular flexibility index (Phi) is 4.84. The van der Waals surface area contributed by atoms with Crippen molar-refractivity contribution in [2.24, 2.45) is 5.10 Å². The quantitative estimate of drug-likeness (QED) is 0.387. The highest BCUT2D eigenvalue weighted by atomic mass is 16.6. The van der Waals surface area contributed by atoms with Crippen molar-refractivity contribution in [1.82, 2.24) is 4.90 Å². The van der Waals surface area contributed by atoms with Crippen molar-refractivity contribution in [1.29, 1.82) is 0 Å². The second-order valence-corrected chi connectivity index (χ2v) is 4.59. The van der Waals surface area contributed by atoms with E-state index >= 15 is 0 Å². The van der Waals surface area contributed by atoms with E-state index in [9.17, 15) is 20.2 Å². The summed E-state index contributed by atoms with van der Waals surface area (Å²) in [4.78, 5) is 22.3. The molecule has 1 N–H and O–H groups in total. The number of nitrogens with zero attached hydrogens (tertiary/aromatic N) is 4. The van der Waals surface area contributed by atoms with Gasteiger partial charge in [-0.05, 0) is 13.0 Å². The first-order valence-corrected chi connectivity index (χ1v) is 6.55. The first-order valence-electron chi connectivity index (χ1n) is 6.55. The number of non-ortho nitro benzene ring substituents is 1. The maximum absolute atomic E-state index is 11.0. The molecule has 22 heavy (non-hydrogen) atoms. The Morgan fingerprint density at radius 3 is 2.55 bits per heavy atom. The van der Waals surface area contributed by atoms with Crippen molar-refractivity contribution in [2.75, 3.05) is 31.7 Å². The number of hydrogen-bond donors (Lipinski definition) is 1. The van der Waals surface area contributed by atoms with Crippen molar-refractivity contribution in [3.63, 3.8) is 0 Å². The normalized spacial score (nSPS) is 15.5. The lowest BCUT2D eigenvalue weighted by Gasteiger charge is -2.28. The standard InChI is InChI=1S/C12H15N5O5/c1-9(15-4-6-22-7-5-15)13-14-11-3-2-10(16(18)19)8-12(11)17(20)21/h2-3,8,14H,4-7H2,1H3. The highest BCUT2D eigenvalue weighted by Crippen LogP contribution is 2.28. The fraction of sp³-hybridized carbons (Fsp3) is 0.417. The molecular formula is C12H15N5O5. The summed E-state index contributed by atoms with van der Waals surface area (Å²) in [5.41, 5.74) is 1.96. The van der Waals surface area contributed by atoms with Crippen molar-refractivity contribution < 1.29 is 14.6 Å². The van der Waals surface area contributed by atoms with E-state index in [-0.39, 0.29) is 11.4 Å². The van der Waals surface area contributed by atoms with Crippen LogP contribution in [0.25, 0.3) is 0 Å². The molecule has 0 atom stereocenters. The smallest absolute Gasteiger partial charge is 0.301 e. The van der Waals surface area contributed by atoms with Crippen molar-refractivity contribution in [2.45, 2.75) is 6.92 Å². The predicted molar refractivity (Wildman–Crippen MR) is 78.9 cm³/mol. The van der Waals surface area contributed by atoms with Gasteiger partial charge in [-0.15, -0.1) is 0 Å². The number of rotatable bonds is 4. The van der Waals surface area contributed by atoms with E-state index in [0.29, 0.717) is 32.1 Å². The summed E-state index contributed by atoms with van der Waals surface area (Å²) >= 11 is 0. The van der Waals surface area contributed by atoms with Crippen LogP contribution in [0.2, 0.25) is 0 Å². The predicted octanol–water partition coefficient (Wildman–Crippen LogP) is 1.58. The second kappa shape index (κ2) is 6.80. The number of amidine groups is 1. The number of ether oxygens (including phenoxy) is 1. The van der Waals surface area contributed by atoms with E-state index < -0.39 is 15.5 Å². The van der Waals surface area contributed by atoms with Crippen LogP contribution in [0.15, 0.2) is 23.3 Å². The SMILES string of the molecule is CC(=NNc1ccc([N+](=O)[O-])cc1[N+](=O)[O-])N1CCOCC1. The van der Waals surface area contributed by atoms with Gasteiger partial charge in [0.2, 0.25) is 0 Å². The molecule has 0 aromatic heterocycles. The largest absolute Gasteiger partial charge is 0.378 e. The van der Waals surface area contributed by atoms with Crippen molar-refractivity contribution >= 4 is 22.9 Å². The lowest BCUT2D eigenvalue weighted by molar-refractivity contribution is -0.393. The summed E-state index contributed by atoms with van der Waals surface area (Å²) in [7, 11) is 0. The first kappa shape index (κ1) is 15.6. The van der Waals surface area contributed by atoms with Crippen molar-refractivity contribution in [3.8, 4) is 0 Å². The van der Waals surface area contributed by atoms with E-state index in [1.54, 1.807) is 6.92 Å². The molecule has 0 aliphatic carbocycles. The number of nitro groups is 2. The maximum Gasteiger partial charge on any atom is 0.301 e. The number of hydrogen-bond acceptors (Lipinski definition) is 7. The second-order valence-electron chi connectivity index (χ2n) is 4.59. The molecule has 1 fully saturated rings. The zero-order valence-electron chi connectivity index (χ0n) is 11.9. The molecular weight excluding hydrogens is 294 g/mol. The molecule has 0 saturated carbocycles. The maximum atomic E-state index is 11.0. The van der Waals surface area contributed by atoms with Gasteiger partial charge in [-0.1, -0.05) is 0 Å². The molecule has 0 spiro atoms. The topological polar surface area (TPSA) is 123 Å². The highest BCUT2D eigenvalue weighted by molar-refractivity contribution is 5.81. The van der Waals surface area contributed by atoms with Gasteiger partial charge >= 0.3 is 5.69 Å². The van der Waals surface area contributed by atoms with Crippen LogP contribution in [0, 0.1) is 20.2 Å². The summed E-state index contributed by atoms with van der Waals surface area (Å²) < 4.78 is 5.23. The number of benzene rings is 1. The van der Waals surface area contributed by atoms with Gasteiger partial charge in [0.1, 0.15) is 11.5 Å². The summed E-state index contributed by atoms with van der Waals surface area (Å²) in [6.45, 7) is 4.36. The lowest BCUT2D eigenvalue weighted by atomic mass is 10.2. The number of hydrazone groups is 1. The average Bonchev–Trinajstić information content (AvgIpc) is 2.53. The minimum absolute atomic E-state index is 0.100. The van der Waals surface area contributed by atoms with E-state index in [2.05, 4.69) is 10.5 Å². The molecule has 0 bridgehead atoms. The minimum atomic E-state index is -0.686. The fourth-order valence-electron chi connectivity index (χ4n) is 1.98. The Hall–Kier alpha value is -2.75. The molecule has 0 amide bonds. The van der Waals surface area contributed by atoms with E-state index in [1.165, 1.54) is 12.1 Å². The molecule has 10 nitrogen and oxygen atoms in total. The van der Waals surface area contributed by atoms with Gasteiger partial charge < -0.3 is 9.64 Å². The van der Waals surface area contributed by atoms with Crippen LogP contribution < -0.4 is 5.43 Å². The molecule has 1 heterocycles. The zero-order chi connectivity index (χ0) is 16.1. The van der Waals surface area contributed by atoms with Crippen molar-refractivity contribution in [3.05, 3.63) is 38.4 Å². The minimum Gasteiger partial charge on any atom is -0.378 e. The third-order valence-electron chi connectivity index (χ3n) is 3.20. The van der Waals surface area contributed by atoms with Gasteiger partial charge in [0, 0.05) is 19.2 Å². The van der Waals surface area contributed by atoms with Crippen LogP contribution in [0.1, 0.15) is 6.92 Å². The van der Waals surface area contributed by atoms with Gasteiger partial charge in [-0.3, -0.25) is 25.7 Å². The van der Waals surface area contributed by atoms with Gasteiger partial charge in [0.15, 0.2) is 0 Å². The van der Waals surface area contributed by atoms with Crippen LogP contribution >= 0.6 is 0 Å². The van der Waals surface area contributed by atoms with Gasteiger partial charge in [0.25, 0.3) is 5.69 Å². The van der Waals surface area contributed by atoms with Crippen LogP contribution in [0.3, 0.4) is 0 Å². The number of nitrogens with one attached hydrogen (secondary N) is 1. The molecule has 0 unspecified atom stereocenters. The van der Waals surface area contributed by atoms with Gasteiger partial charge in [-0.25, -0.2) is 0 Å². The molecule has 0 radical (unpaired) electrons. The van der Waals surface area contributed by atoms with Crippen LogP contribution in [-0.2, 0) is 4.74 Å². The Morgan fingerprint density at radius 1 is 1.27 bits per heavy atom. The Balaban J connectivity index is 2.17. The van der Waals surface area contributed by atoms with Crippen LogP contribution in [0.4, 0.5) is 17.1 Å². The van der Waals surface area contributed by atoms with Crippen LogP contribution in [0.5, 0.6) is 0 Å². The van der Waals surface area contributed by atoms with Crippen LogP contribution in [-0.4, -0.2) is 46.9 Å². The van der Waals surface area contributed by atoms with Gasteiger partial charge in [-0.2, -0.15) is 5.10 Å². The Morgan fingerprint density at radius 2 is 1.95 bits per heavy atom. The molecule has 1 saturated heterocycles. The number of morpholine rings is 1. The van der Waals surface area contributed by atoms with E-state index in [1.807, 2.05) is 4.90 Å². The molecule has 1 aliphatic heterocycles. The monoisotopic (exact) mass is 309 g/mol. The molecule has 1 aromatic carbocycles. The third kappa shape index (κ3) is 3.67. The fourth-order valence-corrected chi connectivity index (χ4v) is 1.98. The lowest BCUT2D eigenvalue weighted by Crippen LogP contribution is -2.39. The van der Waals surface area contributed by atoms with E-state index in [4.69, 9.17) is 4.74 Å². The zero-order valence-corrected chi connectivity index (χ0v) is 11.9. The summed E-state index contributed by atoms with van der Waals surface area (Å²) in [5, 5.41) is 25.8. The van der Waals surface area contributed by atoms with E-state index in [0.717, 1.165) is 6.07 Å². The molecule has 118 valence electrons. The number of anilines is 1. The third-order valence-corrected chi connectivity index (χ3v) is 3.20.